The Kier molecular flexibility index (Phi) is 6.21. The average Bonchev–Trinajstić information content (AvgIpc) is 2.89. The molecule has 0 aliphatic rings. The third kappa shape index (κ3) is 4.08. The molecule has 1 rings (SSSR count). The zero-order valence-corrected chi connectivity index (χ0v) is 12.7. The van der Waals surface area contributed by atoms with E-state index < -0.39 is 0 Å². The van der Waals surface area contributed by atoms with Crippen molar-refractivity contribution in [3.8, 4) is 0 Å². The maximum absolute atomic E-state index is 12.3. The van der Waals surface area contributed by atoms with Crippen LogP contribution in [0.4, 0.5) is 0 Å². The summed E-state index contributed by atoms with van der Waals surface area (Å²) in [5.74, 6) is -0.318. The molecule has 20 heavy (non-hydrogen) atoms. The summed E-state index contributed by atoms with van der Waals surface area (Å²) >= 11 is 0. The number of carbonyl (C=O) groups is 2. The van der Waals surface area contributed by atoms with E-state index in [4.69, 9.17) is 0 Å². The number of aryl methyl sites for hydroxylation is 2. The summed E-state index contributed by atoms with van der Waals surface area (Å²) < 4.78 is 6.30. The topological polar surface area (TPSA) is 64.4 Å². The van der Waals surface area contributed by atoms with E-state index in [-0.39, 0.29) is 11.9 Å². The van der Waals surface area contributed by atoms with Crippen molar-refractivity contribution < 1.29 is 14.3 Å². The smallest absolute Gasteiger partial charge is 0.305 e. The minimum atomic E-state index is -0.252. The van der Waals surface area contributed by atoms with Crippen LogP contribution in [0.1, 0.15) is 42.9 Å². The van der Waals surface area contributed by atoms with Crippen LogP contribution in [0.25, 0.3) is 0 Å². The first-order chi connectivity index (χ1) is 9.53. The zero-order chi connectivity index (χ0) is 15.1. The molecule has 0 saturated carbocycles. The maximum Gasteiger partial charge on any atom is 0.305 e. The average molecular weight is 281 g/mol. The van der Waals surface area contributed by atoms with Crippen molar-refractivity contribution in [2.75, 3.05) is 20.7 Å². The second kappa shape index (κ2) is 7.67. The normalized spacial score (nSPS) is 10.4. The van der Waals surface area contributed by atoms with E-state index >= 15 is 0 Å². The van der Waals surface area contributed by atoms with Crippen LogP contribution in [-0.4, -0.2) is 47.3 Å². The summed E-state index contributed by atoms with van der Waals surface area (Å²) in [4.78, 5) is 25.0. The van der Waals surface area contributed by atoms with E-state index in [1.807, 2.05) is 19.9 Å². The molecule has 0 aromatic carbocycles. The molecule has 0 saturated heterocycles. The van der Waals surface area contributed by atoms with Gasteiger partial charge in [-0.15, -0.1) is 0 Å². The number of aromatic nitrogens is 2. The van der Waals surface area contributed by atoms with Gasteiger partial charge >= 0.3 is 5.97 Å². The molecule has 6 heteroatoms. The van der Waals surface area contributed by atoms with Gasteiger partial charge in [0.2, 0.25) is 0 Å². The Morgan fingerprint density at radius 2 is 2.10 bits per heavy atom. The van der Waals surface area contributed by atoms with Crippen LogP contribution in [0.5, 0.6) is 0 Å². The first-order valence-electron chi connectivity index (χ1n) is 6.92. The Morgan fingerprint density at radius 3 is 2.65 bits per heavy atom. The molecule has 0 N–H and O–H groups in total. The Hall–Kier alpha value is -1.85. The van der Waals surface area contributed by atoms with Crippen molar-refractivity contribution in [3.05, 3.63) is 17.5 Å². The summed E-state index contributed by atoms with van der Waals surface area (Å²) in [6.07, 6.45) is 1.72. The molecule has 6 nitrogen and oxygen atoms in total. The molecule has 0 radical (unpaired) electrons. The molecule has 1 aromatic heterocycles. The van der Waals surface area contributed by atoms with Gasteiger partial charge in [0.1, 0.15) is 5.69 Å². The van der Waals surface area contributed by atoms with Gasteiger partial charge in [0.05, 0.1) is 12.8 Å². The highest BCUT2D eigenvalue weighted by molar-refractivity contribution is 5.92. The molecule has 0 fully saturated rings. The number of nitrogens with zero attached hydrogens (tertiary/aromatic N) is 3. The number of rotatable bonds is 7. The molecule has 0 aliphatic heterocycles. The van der Waals surface area contributed by atoms with Crippen LogP contribution in [0.15, 0.2) is 6.07 Å². The number of hydrogen-bond donors (Lipinski definition) is 0. The second-order valence-corrected chi connectivity index (χ2v) is 4.60. The molecule has 0 unspecified atom stereocenters. The minimum Gasteiger partial charge on any atom is -0.469 e. The fourth-order valence-corrected chi connectivity index (χ4v) is 1.92. The summed E-state index contributed by atoms with van der Waals surface area (Å²) in [7, 11) is 3.10. The fraction of sp³-hybridized carbons (Fsp3) is 0.643. The lowest BCUT2D eigenvalue weighted by Crippen LogP contribution is -2.30. The molecule has 0 spiro atoms. The Labute approximate surface area is 119 Å². The van der Waals surface area contributed by atoms with E-state index in [1.54, 1.807) is 16.6 Å². The summed E-state index contributed by atoms with van der Waals surface area (Å²) in [6, 6.07) is 1.84. The van der Waals surface area contributed by atoms with E-state index in [0.717, 1.165) is 12.1 Å². The predicted molar refractivity (Wildman–Crippen MR) is 75.5 cm³/mol. The number of esters is 1. The first-order valence-corrected chi connectivity index (χ1v) is 6.92. The van der Waals surface area contributed by atoms with Gasteiger partial charge < -0.3 is 9.64 Å². The Bertz CT molecular complexity index is 468. The lowest BCUT2D eigenvalue weighted by molar-refractivity contribution is -0.140. The highest BCUT2D eigenvalue weighted by atomic mass is 16.5. The second-order valence-electron chi connectivity index (χ2n) is 4.60. The molecule has 0 aliphatic carbocycles. The highest BCUT2D eigenvalue weighted by Gasteiger charge is 2.18. The van der Waals surface area contributed by atoms with Crippen LogP contribution in [0.3, 0.4) is 0 Å². The van der Waals surface area contributed by atoms with Crippen molar-refractivity contribution in [2.24, 2.45) is 0 Å². The summed E-state index contributed by atoms with van der Waals surface area (Å²) in [5.41, 5.74) is 1.52. The summed E-state index contributed by atoms with van der Waals surface area (Å²) in [5, 5.41) is 4.37. The van der Waals surface area contributed by atoms with Gasteiger partial charge in [0.25, 0.3) is 5.91 Å². The van der Waals surface area contributed by atoms with Gasteiger partial charge in [-0.3, -0.25) is 14.3 Å². The quantitative estimate of drug-likeness (QED) is 0.710. The third-order valence-corrected chi connectivity index (χ3v) is 3.16. The lowest BCUT2D eigenvalue weighted by atomic mass is 10.2. The molecule has 1 heterocycles. The fourth-order valence-electron chi connectivity index (χ4n) is 1.92. The standard InChI is InChI=1S/C14H23N3O3/c1-5-11-10-12(17(6-2)15-11)14(19)16(3)9-7-8-13(18)20-4/h10H,5-9H2,1-4H3. The van der Waals surface area contributed by atoms with Crippen molar-refractivity contribution in [1.29, 1.82) is 0 Å². The summed E-state index contributed by atoms with van der Waals surface area (Å²) in [6.45, 7) is 5.15. The van der Waals surface area contributed by atoms with Gasteiger partial charge in [-0.05, 0) is 25.8 Å². The SMILES string of the molecule is CCc1cc(C(=O)N(C)CCCC(=O)OC)n(CC)n1. The van der Waals surface area contributed by atoms with Gasteiger partial charge in [0, 0.05) is 26.6 Å². The lowest BCUT2D eigenvalue weighted by Gasteiger charge is -2.17. The molecular formula is C14H23N3O3. The number of ether oxygens (including phenoxy) is 1. The van der Waals surface area contributed by atoms with Crippen molar-refractivity contribution in [3.63, 3.8) is 0 Å². The number of amides is 1. The molecular weight excluding hydrogens is 258 g/mol. The third-order valence-electron chi connectivity index (χ3n) is 3.16. The zero-order valence-electron chi connectivity index (χ0n) is 12.7. The van der Waals surface area contributed by atoms with Crippen LogP contribution >= 0.6 is 0 Å². The molecule has 0 bridgehead atoms. The van der Waals surface area contributed by atoms with E-state index in [1.165, 1.54) is 7.11 Å². The first kappa shape index (κ1) is 16.2. The molecule has 1 amide bonds. The number of hydrogen-bond acceptors (Lipinski definition) is 4. The van der Waals surface area contributed by atoms with Gasteiger partial charge in [-0.25, -0.2) is 0 Å². The number of methoxy groups -OCH3 is 1. The van der Waals surface area contributed by atoms with Gasteiger partial charge in [0.15, 0.2) is 0 Å². The van der Waals surface area contributed by atoms with Gasteiger partial charge in [-0.2, -0.15) is 5.10 Å². The Balaban J connectivity index is 2.64. The van der Waals surface area contributed by atoms with E-state index in [0.29, 0.717) is 31.6 Å². The van der Waals surface area contributed by atoms with Crippen molar-refractivity contribution in [2.45, 2.75) is 39.7 Å². The maximum atomic E-state index is 12.3. The Morgan fingerprint density at radius 1 is 1.40 bits per heavy atom. The predicted octanol–water partition coefficient (Wildman–Crippen LogP) is 1.49. The monoisotopic (exact) mass is 281 g/mol. The van der Waals surface area contributed by atoms with Crippen LogP contribution in [0, 0.1) is 0 Å². The van der Waals surface area contributed by atoms with Gasteiger partial charge in [-0.1, -0.05) is 6.92 Å². The van der Waals surface area contributed by atoms with Crippen molar-refractivity contribution >= 4 is 11.9 Å². The molecule has 0 atom stereocenters. The largest absolute Gasteiger partial charge is 0.469 e. The highest BCUT2D eigenvalue weighted by Crippen LogP contribution is 2.09. The van der Waals surface area contributed by atoms with Crippen LogP contribution in [-0.2, 0) is 22.5 Å². The molecule has 1 aromatic rings. The van der Waals surface area contributed by atoms with E-state index in [2.05, 4.69) is 9.84 Å². The number of carbonyl (C=O) groups excluding carboxylic acids is 2. The molecule has 112 valence electrons. The van der Waals surface area contributed by atoms with Crippen molar-refractivity contribution in [1.82, 2.24) is 14.7 Å². The van der Waals surface area contributed by atoms with Crippen LogP contribution in [0.2, 0.25) is 0 Å². The minimum absolute atomic E-state index is 0.0658. The van der Waals surface area contributed by atoms with Crippen LogP contribution < -0.4 is 0 Å². The van der Waals surface area contributed by atoms with E-state index in [9.17, 15) is 9.59 Å².